The van der Waals surface area contributed by atoms with E-state index in [1.54, 1.807) is 0 Å². The van der Waals surface area contributed by atoms with Crippen LogP contribution in [0.4, 0.5) is 4.39 Å². The van der Waals surface area contributed by atoms with E-state index in [1.807, 2.05) is 4.72 Å². The maximum absolute atomic E-state index is 14.1. The summed E-state index contributed by atoms with van der Waals surface area (Å²) in [5, 5.41) is -1.25. The Bertz CT molecular complexity index is 719. The van der Waals surface area contributed by atoms with Crippen LogP contribution in [0.1, 0.15) is 22.8 Å². The standard InChI is InChI=1S/C13H15FN2O5S/c1-21-13(18)10(15)5-7-2-3-8(9(14)4-7)11-6-12(17)16-22(11,19)20/h2-4,10-11H,5-6,15H2,1H3,(H,16,17)/t10-,11-/m0/s1. The fourth-order valence-electron chi connectivity index (χ4n) is 2.27. The summed E-state index contributed by atoms with van der Waals surface area (Å²) in [6.45, 7) is 0. The van der Waals surface area contributed by atoms with Crippen LogP contribution in [0.2, 0.25) is 0 Å². The van der Waals surface area contributed by atoms with E-state index in [1.165, 1.54) is 19.2 Å². The van der Waals surface area contributed by atoms with Gasteiger partial charge in [-0.15, -0.1) is 0 Å². The summed E-state index contributed by atoms with van der Waals surface area (Å²) in [5.74, 6) is -2.06. The summed E-state index contributed by atoms with van der Waals surface area (Å²) in [4.78, 5) is 22.4. The number of nitrogens with one attached hydrogen (secondary N) is 1. The van der Waals surface area contributed by atoms with E-state index in [-0.39, 0.29) is 18.4 Å². The third-order valence-corrected chi connectivity index (χ3v) is 5.05. The minimum absolute atomic E-state index is 0.0540. The van der Waals surface area contributed by atoms with Gasteiger partial charge in [-0.2, -0.15) is 0 Å². The number of hydrogen-bond donors (Lipinski definition) is 2. The number of benzene rings is 1. The number of nitrogens with two attached hydrogens (primary N) is 1. The van der Waals surface area contributed by atoms with Gasteiger partial charge in [0.2, 0.25) is 15.9 Å². The molecule has 0 radical (unpaired) electrons. The van der Waals surface area contributed by atoms with Crippen LogP contribution in [-0.4, -0.2) is 33.4 Å². The van der Waals surface area contributed by atoms with Gasteiger partial charge in [0.25, 0.3) is 0 Å². The smallest absolute Gasteiger partial charge is 0.322 e. The molecule has 0 saturated carbocycles. The van der Waals surface area contributed by atoms with Crippen molar-refractivity contribution < 1.29 is 27.1 Å². The first-order chi connectivity index (χ1) is 10.2. The number of ether oxygens (including phenoxy) is 1. The number of rotatable bonds is 4. The first kappa shape index (κ1) is 16.4. The van der Waals surface area contributed by atoms with Crippen LogP contribution in [0.25, 0.3) is 0 Å². The lowest BCUT2D eigenvalue weighted by molar-refractivity contribution is -0.142. The molecule has 1 aromatic rings. The predicted octanol–water partition coefficient (Wildman–Crippen LogP) is -0.241. The molecule has 3 N–H and O–H groups in total. The SMILES string of the molecule is COC(=O)[C@@H](N)Cc1ccc([C@@H]2CC(=O)NS2(=O)=O)c(F)c1. The lowest BCUT2D eigenvalue weighted by atomic mass is 10.0. The van der Waals surface area contributed by atoms with Crippen molar-refractivity contribution in [3.8, 4) is 0 Å². The Labute approximate surface area is 126 Å². The molecule has 1 fully saturated rings. The summed E-state index contributed by atoms with van der Waals surface area (Å²) in [7, 11) is -2.71. The Kier molecular flexibility index (Phi) is 4.47. The topological polar surface area (TPSA) is 116 Å². The zero-order valence-corrected chi connectivity index (χ0v) is 12.5. The van der Waals surface area contributed by atoms with Gasteiger partial charge < -0.3 is 10.5 Å². The molecular weight excluding hydrogens is 315 g/mol. The number of methoxy groups -OCH3 is 1. The largest absolute Gasteiger partial charge is 0.468 e. The lowest BCUT2D eigenvalue weighted by Gasteiger charge is -2.12. The van der Waals surface area contributed by atoms with Crippen molar-refractivity contribution in [3.05, 3.63) is 35.1 Å². The van der Waals surface area contributed by atoms with E-state index < -0.39 is 39.0 Å². The molecule has 0 unspecified atom stereocenters. The summed E-state index contributed by atoms with van der Waals surface area (Å²) in [6, 6.07) is 2.93. The molecule has 1 aliphatic heterocycles. The van der Waals surface area contributed by atoms with E-state index in [9.17, 15) is 22.4 Å². The Balaban J connectivity index is 2.24. The summed E-state index contributed by atoms with van der Waals surface area (Å²) >= 11 is 0. The van der Waals surface area contributed by atoms with E-state index in [2.05, 4.69) is 4.74 Å². The number of amides is 1. The average Bonchev–Trinajstić information content (AvgIpc) is 2.70. The van der Waals surface area contributed by atoms with Gasteiger partial charge in [-0.1, -0.05) is 12.1 Å². The second kappa shape index (κ2) is 6.01. The molecule has 2 rings (SSSR count). The van der Waals surface area contributed by atoms with Crippen LogP contribution in [0.5, 0.6) is 0 Å². The second-order valence-corrected chi connectivity index (χ2v) is 6.82. The molecule has 22 heavy (non-hydrogen) atoms. The fraction of sp³-hybridized carbons (Fsp3) is 0.385. The molecule has 7 nitrogen and oxygen atoms in total. The first-order valence-electron chi connectivity index (χ1n) is 6.41. The van der Waals surface area contributed by atoms with Crippen molar-refractivity contribution in [2.75, 3.05) is 7.11 Å². The molecule has 0 bridgehead atoms. The zero-order chi connectivity index (χ0) is 16.5. The Hall–Kier alpha value is -2.00. The number of carbonyl (C=O) groups is 2. The Morgan fingerprint density at radius 1 is 1.55 bits per heavy atom. The van der Waals surface area contributed by atoms with E-state index in [4.69, 9.17) is 5.73 Å². The maximum atomic E-state index is 14.1. The van der Waals surface area contributed by atoms with Crippen LogP contribution in [0.3, 0.4) is 0 Å². The molecule has 0 spiro atoms. The third kappa shape index (κ3) is 3.25. The maximum Gasteiger partial charge on any atom is 0.322 e. The highest BCUT2D eigenvalue weighted by Gasteiger charge is 2.39. The van der Waals surface area contributed by atoms with Gasteiger partial charge in [0.1, 0.15) is 17.1 Å². The number of esters is 1. The van der Waals surface area contributed by atoms with E-state index >= 15 is 0 Å². The van der Waals surface area contributed by atoms with Gasteiger partial charge in [-0.25, -0.2) is 12.8 Å². The molecule has 1 aliphatic rings. The molecule has 1 amide bonds. The van der Waals surface area contributed by atoms with Gasteiger partial charge in [0, 0.05) is 5.56 Å². The van der Waals surface area contributed by atoms with Gasteiger partial charge in [0.15, 0.2) is 0 Å². The summed E-state index contributed by atoms with van der Waals surface area (Å²) in [5.41, 5.74) is 5.92. The molecule has 9 heteroatoms. The van der Waals surface area contributed by atoms with E-state index in [0.29, 0.717) is 5.56 Å². The van der Waals surface area contributed by atoms with Crippen molar-refractivity contribution in [1.29, 1.82) is 0 Å². The minimum Gasteiger partial charge on any atom is -0.468 e. The minimum atomic E-state index is -3.90. The normalized spacial score (nSPS) is 21.2. The second-order valence-electron chi connectivity index (χ2n) is 4.95. The van der Waals surface area contributed by atoms with Crippen LogP contribution in [0, 0.1) is 5.82 Å². The molecule has 0 aromatic heterocycles. The molecule has 1 saturated heterocycles. The van der Waals surface area contributed by atoms with Crippen molar-refractivity contribution in [2.45, 2.75) is 24.1 Å². The highest BCUT2D eigenvalue weighted by Crippen LogP contribution is 2.32. The highest BCUT2D eigenvalue weighted by atomic mass is 32.2. The van der Waals surface area contributed by atoms with Gasteiger partial charge >= 0.3 is 5.97 Å². The molecular formula is C13H15FN2O5S. The van der Waals surface area contributed by atoms with Gasteiger partial charge in [-0.3, -0.25) is 14.3 Å². The summed E-state index contributed by atoms with van der Waals surface area (Å²) in [6.07, 6.45) is -0.265. The average molecular weight is 330 g/mol. The van der Waals surface area contributed by atoms with E-state index in [0.717, 1.165) is 6.07 Å². The number of hydrogen-bond acceptors (Lipinski definition) is 6. The number of halogens is 1. The predicted molar refractivity (Wildman–Crippen MR) is 74.5 cm³/mol. The van der Waals surface area contributed by atoms with Crippen LogP contribution in [0.15, 0.2) is 18.2 Å². The van der Waals surface area contributed by atoms with Crippen molar-refractivity contribution >= 4 is 21.9 Å². The quantitative estimate of drug-likeness (QED) is 0.736. The fourth-order valence-corrected chi connectivity index (χ4v) is 3.71. The monoisotopic (exact) mass is 330 g/mol. The molecule has 120 valence electrons. The summed E-state index contributed by atoms with van der Waals surface area (Å²) < 4.78 is 43.9. The third-order valence-electron chi connectivity index (χ3n) is 3.37. The zero-order valence-electron chi connectivity index (χ0n) is 11.7. The van der Waals surface area contributed by atoms with Gasteiger partial charge in [0.05, 0.1) is 13.5 Å². The molecule has 1 heterocycles. The van der Waals surface area contributed by atoms with Crippen molar-refractivity contribution in [1.82, 2.24) is 4.72 Å². The van der Waals surface area contributed by atoms with Crippen molar-refractivity contribution in [2.24, 2.45) is 5.73 Å². The number of carbonyl (C=O) groups excluding carboxylic acids is 2. The highest BCUT2D eigenvalue weighted by molar-refractivity contribution is 7.90. The molecule has 0 aliphatic carbocycles. The van der Waals surface area contributed by atoms with Crippen LogP contribution >= 0.6 is 0 Å². The first-order valence-corrected chi connectivity index (χ1v) is 7.95. The van der Waals surface area contributed by atoms with Crippen LogP contribution in [-0.2, 0) is 30.8 Å². The molecule has 1 aromatic carbocycles. The van der Waals surface area contributed by atoms with Crippen molar-refractivity contribution in [3.63, 3.8) is 0 Å². The lowest BCUT2D eigenvalue weighted by Crippen LogP contribution is -2.33. The van der Waals surface area contributed by atoms with Gasteiger partial charge in [-0.05, 0) is 18.1 Å². The van der Waals surface area contributed by atoms with Crippen LogP contribution < -0.4 is 10.5 Å². The molecule has 2 atom stereocenters. The Morgan fingerprint density at radius 2 is 2.23 bits per heavy atom. The number of sulfonamides is 1. The Morgan fingerprint density at radius 3 is 2.73 bits per heavy atom.